The lowest BCUT2D eigenvalue weighted by molar-refractivity contribution is -0.155. The summed E-state index contributed by atoms with van der Waals surface area (Å²) in [5.74, 6) is -1.76. The van der Waals surface area contributed by atoms with Crippen molar-refractivity contribution in [2.24, 2.45) is 0 Å². The SMILES string of the molecule is CCCNC(Cc1ccc(F)cc1F)C(F)(F)F. The molecule has 0 saturated heterocycles. The van der Waals surface area contributed by atoms with E-state index in [-0.39, 0.29) is 12.1 Å². The summed E-state index contributed by atoms with van der Waals surface area (Å²) in [6, 6.07) is 0.753. The minimum atomic E-state index is -4.46. The van der Waals surface area contributed by atoms with Crippen LogP contribution in [0.5, 0.6) is 0 Å². The molecular formula is C12H14F5N. The Morgan fingerprint density at radius 2 is 1.89 bits per heavy atom. The van der Waals surface area contributed by atoms with Gasteiger partial charge in [-0.15, -0.1) is 0 Å². The third kappa shape index (κ3) is 4.25. The lowest BCUT2D eigenvalue weighted by atomic mass is 10.0. The molecule has 0 saturated carbocycles. The van der Waals surface area contributed by atoms with Gasteiger partial charge in [-0.2, -0.15) is 13.2 Å². The zero-order valence-corrected chi connectivity index (χ0v) is 9.82. The first-order valence-corrected chi connectivity index (χ1v) is 5.58. The molecule has 0 heterocycles. The number of rotatable bonds is 5. The molecule has 6 heteroatoms. The van der Waals surface area contributed by atoms with E-state index in [0.29, 0.717) is 12.5 Å². The van der Waals surface area contributed by atoms with Crippen LogP contribution in [0.2, 0.25) is 0 Å². The smallest absolute Gasteiger partial charge is 0.306 e. The predicted molar refractivity (Wildman–Crippen MR) is 58.2 cm³/mol. The van der Waals surface area contributed by atoms with Gasteiger partial charge in [0.15, 0.2) is 0 Å². The second-order valence-electron chi connectivity index (χ2n) is 3.99. The van der Waals surface area contributed by atoms with Gasteiger partial charge in [0.25, 0.3) is 0 Å². The molecule has 0 radical (unpaired) electrons. The van der Waals surface area contributed by atoms with Crippen LogP contribution < -0.4 is 5.32 Å². The zero-order chi connectivity index (χ0) is 13.8. The van der Waals surface area contributed by atoms with Gasteiger partial charge in [0.1, 0.15) is 17.7 Å². The maximum atomic E-state index is 13.3. The van der Waals surface area contributed by atoms with E-state index in [2.05, 4.69) is 5.32 Å². The fourth-order valence-electron chi connectivity index (χ4n) is 1.53. The van der Waals surface area contributed by atoms with Crippen LogP contribution in [0, 0.1) is 11.6 Å². The molecule has 1 unspecified atom stereocenters. The van der Waals surface area contributed by atoms with Gasteiger partial charge in [0, 0.05) is 6.07 Å². The highest BCUT2D eigenvalue weighted by Crippen LogP contribution is 2.24. The van der Waals surface area contributed by atoms with E-state index in [1.54, 1.807) is 6.92 Å². The minimum absolute atomic E-state index is 0.151. The number of nitrogens with one attached hydrogen (secondary N) is 1. The van der Waals surface area contributed by atoms with Crippen LogP contribution >= 0.6 is 0 Å². The van der Waals surface area contributed by atoms with Crippen molar-refractivity contribution in [3.05, 3.63) is 35.4 Å². The monoisotopic (exact) mass is 267 g/mol. The fraction of sp³-hybridized carbons (Fsp3) is 0.500. The van der Waals surface area contributed by atoms with E-state index < -0.39 is 30.3 Å². The molecule has 1 nitrogen and oxygen atoms in total. The van der Waals surface area contributed by atoms with Crippen LogP contribution in [-0.2, 0) is 6.42 Å². The van der Waals surface area contributed by atoms with Crippen molar-refractivity contribution in [1.82, 2.24) is 5.32 Å². The van der Waals surface area contributed by atoms with E-state index in [9.17, 15) is 22.0 Å². The maximum absolute atomic E-state index is 13.3. The number of hydrogen-bond donors (Lipinski definition) is 1. The van der Waals surface area contributed by atoms with Gasteiger partial charge in [-0.1, -0.05) is 13.0 Å². The Morgan fingerprint density at radius 1 is 1.22 bits per heavy atom. The van der Waals surface area contributed by atoms with Crippen molar-refractivity contribution in [2.75, 3.05) is 6.54 Å². The van der Waals surface area contributed by atoms with E-state index in [4.69, 9.17) is 0 Å². The van der Waals surface area contributed by atoms with E-state index in [1.165, 1.54) is 0 Å². The summed E-state index contributed by atoms with van der Waals surface area (Å²) in [7, 11) is 0. The molecule has 1 atom stereocenters. The van der Waals surface area contributed by atoms with Crippen molar-refractivity contribution >= 4 is 0 Å². The van der Waals surface area contributed by atoms with Crippen molar-refractivity contribution in [3.8, 4) is 0 Å². The Kier molecular flexibility index (Phi) is 5.07. The van der Waals surface area contributed by atoms with Gasteiger partial charge in [0.2, 0.25) is 0 Å². The highest BCUT2D eigenvalue weighted by molar-refractivity contribution is 5.20. The molecule has 102 valence electrons. The number of benzene rings is 1. The quantitative estimate of drug-likeness (QED) is 0.806. The average Bonchev–Trinajstić information content (AvgIpc) is 2.25. The highest BCUT2D eigenvalue weighted by Gasteiger charge is 2.39. The number of hydrogen-bond acceptors (Lipinski definition) is 1. The highest BCUT2D eigenvalue weighted by atomic mass is 19.4. The molecular weight excluding hydrogens is 253 g/mol. The van der Waals surface area contributed by atoms with Gasteiger partial charge in [-0.05, 0) is 31.0 Å². The molecule has 1 aromatic rings. The van der Waals surface area contributed by atoms with Crippen molar-refractivity contribution < 1.29 is 22.0 Å². The number of alkyl halides is 3. The van der Waals surface area contributed by atoms with Crippen molar-refractivity contribution in [3.63, 3.8) is 0 Å². The molecule has 0 bridgehead atoms. The first kappa shape index (κ1) is 14.9. The Bertz CT molecular complexity index is 389. The van der Waals surface area contributed by atoms with Gasteiger partial charge in [0.05, 0.1) is 0 Å². The second kappa shape index (κ2) is 6.13. The molecule has 1 N–H and O–H groups in total. The minimum Gasteiger partial charge on any atom is -0.306 e. The summed E-state index contributed by atoms with van der Waals surface area (Å²) >= 11 is 0. The average molecular weight is 267 g/mol. The van der Waals surface area contributed by atoms with Crippen molar-refractivity contribution in [2.45, 2.75) is 32.0 Å². The molecule has 0 aliphatic heterocycles. The topological polar surface area (TPSA) is 12.0 Å². The molecule has 0 aromatic heterocycles. The first-order chi connectivity index (χ1) is 8.34. The Balaban J connectivity index is 2.82. The fourth-order valence-corrected chi connectivity index (χ4v) is 1.53. The number of halogens is 5. The maximum Gasteiger partial charge on any atom is 0.404 e. The van der Waals surface area contributed by atoms with Gasteiger partial charge in [-0.3, -0.25) is 0 Å². The molecule has 0 fully saturated rings. The molecule has 0 aliphatic carbocycles. The third-order valence-corrected chi connectivity index (χ3v) is 2.48. The lowest BCUT2D eigenvalue weighted by Crippen LogP contribution is -2.44. The molecule has 0 spiro atoms. The van der Waals surface area contributed by atoms with Crippen LogP contribution in [0.25, 0.3) is 0 Å². The van der Waals surface area contributed by atoms with E-state index in [1.807, 2.05) is 0 Å². The van der Waals surface area contributed by atoms with Gasteiger partial charge in [-0.25, -0.2) is 8.78 Å². The van der Waals surface area contributed by atoms with Crippen LogP contribution in [-0.4, -0.2) is 18.8 Å². The summed E-state index contributed by atoms with van der Waals surface area (Å²) in [5, 5.41) is 2.31. The van der Waals surface area contributed by atoms with Gasteiger partial charge < -0.3 is 5.32 Å². The second-order valence-corrected chi connectivity index (χ2v) is 3.99. The Hall–Kier alpha value is -1.17. The van der Waals surface area contributed by atoms with Crippen molar-refractivity contribution in [1.29, 1.82) is 0 Å². The van der Waals surface area contributed by atoms with Crippen LogP contribution in [0.4, 0.5) is 22.0 Å². The third-order valence-electron chi connectivity index (χ3n) is 2.48. The molecule has 0 amide bonds. The summed E-state index contributed by atoms with van der Waals surface area (Å²) in [4.78, 5) is 0. The lowest BCUT2D eigenvalue weighted by Gasteiger charge is -2.21. The molecule has 18 heavy (non-hydrogen) atoms. The summed E-state index contributed by atoms with van der Waals surface area (Å²) in [5.41, 5.74) is -0.151. The van der Waals surface area contributed by atoms with Crippen LogP contribution in [0.15, 0.2) is 18.2 Å². The van der Waals surface area contributed by atoms with Gasteiger partial charge >= 0.3 is 6.18 Å². The summed E-state index contributed by atoms with van der Waals surface area (Å²) in [6.07, 6.45) is -4.47. The zero-order valence-electron chi connectivity index (χ0n) is 9.82. The van der Waals surface area contributed by atoms with E-state index in [0.717, 1.165) is 12.1 Å². The summed E-state index contributed by atoms with van der Waals surface area (Å²) < 4.78 is 64.0. The van der Waals surface area contributed by atoms with Crippen LogP contribution in [0.1, 0.15) is 18.9 Å². The standard InChI is InChI=1S/C12H14F5N/c1-2-5-18-11(12(15,16)17)6-8-3-4-9(13)7-10(8)14/h3-4,7,11,18H,2,5-6H2,1H3. The molecule has 1 rings (SSSR count). The summed E-state index contributed by atoms with van der Waals surface area (Å²) in [6.45, 7) is 1.92. The first-order valence-electron chi connectivity index (χ1n) is 5.58. The normalized spacial score (nSPS) is 13.7. The molecule has 0 aliphatic rings. The predicted octanol–water partition coefficient (Wildman–Crippen LogP) is 3.44. The Labute approximate surface area is 102 Å². The van der Waals surface area contributed by atoms with E-state index >= 15 is 0 Å². The largest absolute Gasteiger partial charge is 0.404 e. The van der Waals surface area contributed by atoms with Crippen LogP contribution in [0.3, 0.4) is 0 Å². The Morgan fingerprint density at radius 3 is 2.39 bits per heavy atom. The molecule has 1 aromatic carbocycles.